The Labute approximate surface area is 165 Å². The van der Waals surface area contributed by atoms with E-state index in [9.17, 15) is 18.8 Å². The first-order valence-corrected chi connectivity index (χ1v) is 9.32. The smallest absolute Gasteiger partial charge is 0.261 e. The van der Waals surface area contributed by atoms with Gasteiger partial charge >= 0.3 is 0 Å². The van der Waals surface area contributed by atoms with E-state index < -0.39 is 11.7 Å². The van der Waals surface area contributed by atoms with Gasteiger partial charge in [0.15, 0.2) is 0 Å². The summed E-state index contributed by atoms with van der Waals surface area (Å²) in [6.45, 7) is 0.428. The van der Waals surface area contributed by atoms with Gasteiger partial charge in [0, 0.05) is 17.8 Å². The lowest BCUT2D eigenvalue weighted by molar-refractivity contribution is -0.116. The topological polar surface area (TPSA) is 93.1 Å². The number of hydrogen-bond acceptors (Lipinski definition) is 4. The third-order valence-electron chi connectivity index (χ3n) is 4.78. The highest BCUT2D eigenvalue weighted by Crippen LogP contribution is 2.27. The van der Waals surface area contributed by atoms with Crippen LogP contribution >= 0.6 is 0 Å². The molecule has 2 N–H and O–H groups in total. The Morgan fingerprint density at radius 1 is 1.14 bits per heavy atom. The Kier molecular flexibility index (Phi) is 5.07. The van der Waals surface area contributed by atoms with Gasteiger partial charge < -0.3 is 10.6 Å². The number of rotatable bonds is 6. The maximum Gasteiger partial charge on any atom is 0.261 e. The van der Waals surface area contributed by atoms with Gasteiger partial charge in [0.1, 0.15) is 12.4 Å². The summed E-state index contributed by atoms with van der Waals surface area (Å²) in [7, 11) is 0. The van der Waals surface area contributed by atoms with Crippen LogP contribution in [0.2, 0.25) is 0 Å². The van der Waals surface area contributed by atoms with E-state index in [0.29, 0.717) is 34.6 Å². The van der Waals surface area contributed by atoms with Gasteiger partial charge in [0.2, 0.25) is 5.91 Å². The van der Waals surface area contributed by atoms with Crippen LogP contribution < -0.4 is 16.2 Å². The third kappa shape index (κ3) is 4.48. The normalized spacial score (nSPS) is 13.3. The molecule has 1 aliphatic carbocycles. The van der Waals surface area contributed by atoms with Crippen LogP contribution in [-0.2, 0) is 11.3 Å². The molecule has 1 aromatic heterocycles. The van der Waals surface area contributed by atoms with Crippen LogP contribution in [0.4, 0.5) is 10.1 Å². The second-order valence-electron chi connectivity index (χ2n) is 7.12. The maximum atomic E-state index is 12.9. The van der Waals surface area contributed by atoms with Crippen molar-refractivity contribution in [1.82, 2.24) is 14.9 Å². The zero-order valence-electron chi connectivity index (χ0n) is 15.5. The number of carbonyl (C=O) groups is 2. The number of nitrogens with one attached hydrogen (secondary N) is 2. The Morgan fingerprint density at radius 2 is 1.90 bits per heavy atom. The fraction of sp³-hybridized carbons (Fsp3) is 0.238. The van der Waals surface area contributed by atoms with Crippen molar-refractivity contribution in [1.29, 1.82) is 0 Å². The lowest BCUT2D eigenvalue weighted by Gasteiger charge is -2.09. The van der Waals surface area contributed by atoms with Crippen molar-refractivity contribution in [3.05, 3.63) is 70.5 Å². The van der Waals surface area contributed by atoms with Gasteiger partial charge in [-0.3, -0.25) is 19.0 Å². The summed E-state index contributed by atoms with van der Waals surface area (Å²) in [4.78, 5) is 41.3. The minimum Gasteiger partial charge on any atom is -0.352 e. The number of carbonyl (C=O) groups excluding carboxylic acids is 2. The van der Waals surface area contributed by atoms with Gasteiger partial charge in [-0.2, -0.15) is 0 Å². The van der Waals surface area contributed by atoms with Gasteiger partial charge in [-0.05, 0) is 61.2 Å². The number of hydrogen-bond donors (Lipinski definition) is 2. The van der Waals surface area contributed by atoms with E-state index in [1.807, 2.05) is 0 Å². The van der Waals surface area contributed by atoms with E-state index in [0.717, 1.165) is 12.8 Å². The Hall–Kier alpha value is -3.55. The molecular weight excluding hydrogens is 375 g/mol. The Balaban J connectivity index is 1.48. The molecule has 0 bridgehead atoms. The molecule has 8 heteroatoms. The number of halogens is 1. The van der Waals surface area contributed by atoms with Crippen LogP contribution in [0.15, 0.2) is 53.6 Å². The van der Waals surface area contributed by atoms with Crippen molar-refractivity contribution in [2.24, 2.45) is 5.92 Å². The van der Waals surface area contributed by atoms with Crippen molar-refractivity contribution in [3.8, 4) is 0 Å². The lowest BCUT2D eigenvalue weighted by atomic mass is 10.1. The van der Waals surface area contributed by atoms with Crippen LogP contribution in [0.1, 0.15) is 23.2 Å². The van der Waals surface area contributed by atoms with Crippen LogP contribution in [0.25, 0.3) is 10.9 Å². The zero-order chi connectivity index (χ0) is 20.4. The third-order valence-corrected chi connectivity index (χ3v) is 4.78. The molecule has 3 aromatic rings. The molecule has 29 heavy (non-hydrogen) atoms. The molecule has 0 saturated heterocycles. The minimum atomic E-state index is -0.434. The van der Waals surface area contributed by atoms with Crippen molar-refractivity contribution in [2.45, 2.75) is 19.4 Å². The van der Waals surface area contributed by atoms with Gasteiger partial charge in [0.25, 0.3) is 11.5 Å². The second kappa shape index (κ2) is 7.83. The molecule has 1 aliphatic rings. The molecule has 2 amide bonds. The van der Waals surface area contributed by atoms with E-state index in [2.05, 4.69) is 15.6 Å². The summed E-state index contributed by atoms with van der Waals surface area (Å²) in [6.07, 6.45) is 3.57. The number of amides is 2. The highest BCUT2D eigenvalue weighted by Gasteiger charge is 2.22. The molecule has 0 unspecified atom stereocenters. The molecule has 1 saturated carbocycles. The summed E-state index contributed by atoms with van der Waals surface area (Å²) in [5.74, 6) is -0.455. The lowest BCUT2D eigenvalue weighted by Crippen LogP contribution is -2.28. The molecule has 0 radical (unpaired) electrons. The first-order valence-electron chi connectivity index (χ1n) is 9.32. The molecule has 0 aliphatic heterocycles. The second-order valence-corrected chi connectivity index (χ2v) is 7.12. The highest BCUT2D eigenvalue weighted by molar-refractivity contribution is 5.97. The number of nitrogens with zero attached hydrogens (tertiary/aromatic N) is 2. The molecule has 1 fully saturated rings. The van der Waals surface area contributed by atoms with Gasteiger partial charge in [-0.25, -0.2) is 9.37 Å². The van der Waals surface area contributed by atoms with E-state index in [-0.39, 0.29) is 18.0 Å². The standard InChI is InChI=1S/C21H19FN4O3/c22-15-4-6-16(7-5-15)25-19(27)11-26-12-24-18-9-14(3-8-17(18)21(26)29)20(28)23-10-13-1-2-13/h3-9,12-13H,1-2,10-11H2,(H,23,28)(H,25,27). The predicted molar refractivity (Wildman–Crippen MR) is 106 cm³/mol. The monoisotopic (exact) mass is 394 g/mol. The fourth-order valence-electron chi connectivity index (χ4n) is 2.96. The zero-order valence-corrected chi connectivity index (χ0v) is 15.5. The summed E-state index contributed by atoms with van der Waals surface area (Å²) in [6, 6.07) is 10.0. The summed E-state index contributed by atoms with van der Waals surface area (Å²) in [5.41, 5.74) is 0.885. The molecule has 148 valence electrons. The van der Waals surface area contributed by atoms with Gasteiger partial charge in [-0.1, -0.05) is 0 Å². The predicted octanol–water partition coefficient (Wildman–Crippen LogP) is 2.31. The van der Waals surface area contributed by atoms with Crippen molar-refractivity contribution >= 4 is 28.4 Å². The Morgan fingerprint density at radius 3 is 2.62 bits per heavy atom. The number of aromatic nitrogens is 2. The molecule has 2 aromatic carbocycles. The Bertz CT molecular complexity index is 1140. The fourth-order valence-corrected chi connectivity index (χ4v) is 2.96. The van der Waals surface area contributed by atoms with Crippen LogP contribution in [0, 0.1) is 11.7 Å². The summed E-state index contributed by atoms with van der Waals surface area (Å²) in [5, 5.41) is 5.80. The van der Waals surface area contributed by atoms with E-state index in [1.165, 1.54) is 35.2 Å². The molecule has 4 rings (SSSR count). The number of fused-ring (bicyclic) bond motifs is 1. The number of anilines is 1. The maximum absolute atomic E-state index is 12.9. The first-order chi connectivity index (χ1) is 14.0. The molecule has 7 nitrogen and oxygen atoms in total. The average Bonchev–Trinajstić information content (AvgIpc) is 3.54. The SMILES string of the molecule is O=C(Cn1cnc2cc(C(=O)NCC3CC3)ccc2c1=O)Nc1ccc(F)cc1. The van der Waals surface area contributed by atoms with E-state index >= 15 is 0 Å². The van der Waals surface area contributed by atoms with Crippen LogP contribution in [-0.4, -0.2) is 27.9 Å². The number of benzene rings is 2. The largest absolute Gasteiger partial charge is 0.352 e. The molecule has 1 heterocycles. The summed E-state index contributed by atoms with van der Waals surface area (Å²) < 4.78 is 14.1. The first kappa shape index (κ1) is 18.8. The van der Waals surface area contributed by atoms with Gasteiger partial charge in [0.05, 0.1) is 17.2 Å². The molecule has 0 spiro atoms. The quantitative estimate of drug-likeness (QED) is 0.671. The molecule has 0 atom stereocenters. The minimum absolute atomic E-state index is 0.191. The van der Waals surface area contributed by atoms with Crippen molar-refractivity contribution in [2.75, 3.05) is 11.9 Å². The highest BCUT2D eigenvalue weighted by atomic mass is 19.1. The van der Waals surface area contributed by atoms with Crippen LogP contribution in [0.5, 0.6) is 0 Å². The van der Waals surface area contributed by atoms with Gasteiger partial charge in [-0.15, -0.1) is 0 Å². The van der Waals surface area contributed by atoms with E-state index in [1.54, 1.807) is 18.2 Å². The average molecular weight is 394 g/mol. The van der Waals surface area contributed by atoms with Crippen molar-refractivity contribution < 1.29 is 14.0 Å². The van der Waals surface area contributed by atoms with Crippen LogP contribution in [0.3, 0.4) is 0 Å². The van der Waals surface area contributed by atoms with Crippen molar-refractivity contribution in [3.63, 3.8) is 0 Å². The summed E-state index contributed by atoms with van der Waals surface area (Å²) >= 11 is 0. The molecular formula is C21H19FN4O3. The van der Waals surface area contributed by atoms with E-state index in [4.69, 9.17) is 0 Å².